The maximum Gasteiger partial charge on any atom is 0.335 e. The van der Waals surface area contributed by atoms with E-state index in [1.165, 1.54) is 19.2 Å². The smallest absolute Gasteiger partial charge is 0.335 e. The normalized spacial score (nSPS) is 11.0. The molecule has 4 aromatic carbocycles. The first-order valence-electron chi connectivity index (χ1n) is 10.8. The van der Waals surface area contributed by atoms with Crippen molar-refractivity contribution in [1.82, 2.24) is 0 Å². The van der Waals surface area contributed by atoms with Gasteiger partial charge in [0.2, 0.25) is 0 Å². The van der Waals surface area contributed by atoms with Gasteiger partial charge in [-0.05, 0) is 28.4 Å². The fraction of sp³-hybridized carbons (Fsp3) is 0.0714. The number of nitro benzene ring substituents is 1. The fourth-order valence-corrected chi connectivity index (χ4v) is 8.72. The summed E-state index contributed by atoms with van der Waals surface area (Å²) in [4.78, 5) is 24.2. The quantitative estimate of drug-likeness (QED) is 0.173. The molecule has 4 rings (SSSR count). The molecule has 0 heterocycles. The Morgan fingerprint density at radius 3 is 1.50 bits per heavy atom. The molecule has 0 radical (unpaired) electrons. The summed E-state index contributed by atoms with van der Waals surface area (Å²) in [5.41, 5.74) is 0.816. The molecule has 170 valence electrons. The summed E-state index contributed by atoms with van der Waals surface area (Å²) in [5, 5.41) is 14.9. The fourth-order valence-electron chi connectivity index (χ4n) is 4.24. The number of esters is 1. The van der Waals surface area contributed by atoms with Gasteiger partial charge in [0, 0.05) is 18.6 Å². The first-order chi connectivity index (χ1) is 16.6. The highest BCUT2D eigenvalue weighted by Crippen LogP contribution is 2.47. The molecule has 0 aliphatic carbocycles. The number of nitro groups is 1. The van der Waals surface area contributed by atoms with Gasteiger partial charge >= 0.3 is 5.97 Å². The van der Waals surface area contributed by atoms with Crippen molar-refractivity contribution in [2.75, 3.05) is 7.11 Å². The van der Waals surface area contributed by atoms with Crippen LogP contribution in [-0.2, 0) is 16.0 Å². The van der Waals surface area contributed by atoms with Crippen LogP contribution < -0.4 is 15.9 Å². The zero-order valence-electron chi connectivity index (χ0n) is 18.7. The number of non-ortho nitro benzene ring substituents is 1. The van der Waals surface area contributed by atoms with Crippen LogP contribution in [0.3, 0.4) is 0 Å². The third-order valence-corrected chi connectivity index (χ3v) is 10.1. The molecule has 0 amide bonds. The van der Waals surface area contributed by atoms with Crippen molar-refractivity contribution in [3.63, 3.8) is 0 Å². The van der Waals surface area contributed by atoms with E-state index in [9.17, 15) is 14.9 Å². The van der Waals surface area contributed by atoms with Crippen molar-refractivity contribution in [2.45, 2.75) is 6.42 Å². The van der Waals surface area contributed by atoms with E-state index in [-0.39, 0.29) is 11.7 Å². The maximum atomic E-state index is 13.5. The molecule has 4 aromatic rings. The minimum absolute atomic E-state index is 0.0126. The van der Waals surface area contributed by atoms with Crippen molar-refractivity contribution >= 4 is 39.7 Å². The van der Waals surface area contributed by atoms with E-state index in [1.54, 1.807) is 12.1 Å². The van der Waals surface area contributed by atoms with Crippen molar-refractivity contribution in [3.05, 3.63) is 131 Å². The first-order valence-corrected chi connectivity index (χ1v) is 12.6. The lowest BCUT2D eigenvalue weighted by atomic mass is 10.1. The summed E-state index contributed by atoms with van der Waals surface area (Å²) < 4.78 is 5.36. The lowest BCUT2D eigenvalue weighted by Crippen LogP contribution is -2.35. The Kier molecular flexibility index (Phi) is 7.05. The summed E-state index contributed by atoms with van der Waals surface area (Å²) in [5.74, 6) is -0.386. The van der Waals surface area contributed by atoms with Gasteiger partial charge < -0.3 is 4.74 Å². The zero-order chi connectivity index (χ0) is 24.0. The van der Waals surface area contributed by atoms with Crippen LogP contribution in [0, 0.1) is 10.1 Å². The molecule has 0 saturated heterocycles. The number of nitrogens with zero attached hydrogens (tertiary/aromatic N) is 1. The van der Waals surface area contributed by atoms with Gasteiger partial charge in [0.05, 0.1) is 17.3 Å². The number of methoxy groups -OCH3 is 1. The van der Waals surface area contributed by atoms with Gasteiger partial charge in [-0.15, -0.1) is 0 Å². The van der Waals surface area contributed by atoms with Gasteiger partial charge in [-0.1, -0.05) is 103 Å². The number of ether oxygens (including phenoxy) is 1. The molecule has 34 heavy (non-hydrogen) atoms. The van der Waals surface area contributed by atoms with E-state index in [4.69, 9.17) is 4.74 Å². The van der Waals surface area contributed by atoms with E-state index < -0.39 is 11.8 Å². The topological polar surface area (TPSA) is 69.4 Å². The molecule has 0 atom stereocenters. The molecule has 0 N–H and O–H groups in total. The Bertz CT molecular complexity index is 1230. The molecule has 0 bridgehead atoms. The second-order valence-electron chi connectivity index (χ2n) is 7.72. The van der Waals surface area contributed by atoms with E-state index in [2.05, 4.69) is 36.4 Å². The summed E-state index contributed by atoms with van der Waals surface area (Å²) in [7, 11) is 1.40. The third-order valence-electron chi connectivity index (χ3n) is 5.78. The monoisotopic (exact) mass is 469 g/mol. The summed E-state index contributed by atoms with van der Waals surface area (Å²) >= 11 is 0. The first kappa shape index (κ1) is 23.2. The predicted octanol–water partition coefficient (Wildman–Crippen LogP) is 4.48. The standard InChI is InChI=1S/C28H24NO4P/c1-33-28(30)27(21-22-17-19-23(20-18-22)29(31)32)34(24-11-5-2-6-12-24,25-13-7-3-8-14-25)26-15-9-4-10-16-26/h2-20H,21H2,1H3. The number of hydrogen-bond acceptors (Lipinski definition) is 4. The van der Waals surface area contributed by atoms with Gasteiger partial charge in [-0.25, -0.2) is 4.79 Å². The molecule has 0 spiro atoms. The highest BCUT2D eigenvalue weighted by molar-refractivity contribution is 7.96. The second kappa shape index (κ2) is 10.3. The van der Waals surface area contributed by atoms with Crippen LogP contribution >= 0.6 is 6.89 Å². The summed E-state index contributed by atoms with van der Waals surface area (Å²) in [6.07, 6.45) is 0.303. The Labute approximate surface area is 198 Å². The highest BCUT2D eigenvalue weighted by Gasteiger charge is 2.33. The van der Waals surface area contributed by atoms with Crippen LogP contribution in [0.25, 0.3) is 0 Å². The predicted molar refractivity (Wildman–Crippen MR) is 139 cm³/mol. The number of carbonyl (C=O) groups is 1. The van der Waals surface area contributed by atoms with Crippen molar-refractivity contribution < 1.29 is 14.5 Å². The van der Waals surface area contributed by atoms with Gasteiger partial charge in [0.25, 0.3) is 5.69 Å². The van der Waals surface area contributed by atoms with Crippen LogP contribution in [0.5, 0.6) is 0 Å². The Hall–Kier alpha value is -3.95. The molecule has 0 fully saturated rings. The molecule has 0 aliphatic heterocycles. The zero-order valence-corrected chi connectivity index (χ0v) is 19.6. The maximum absolute atomic E-state index is 13.5. The molecule has 5 nitrogen and oxygen atoms in total. The van der Waals surface area contributed by atoms with Gasteiger partial charge in [0.15, 0.2) is 0 Å². The van der Waals surface area contributed by atoms with Gasteiger partial charge in [-0.2, -0.15) is 0 Å². The number of hydrogen-bond donors (Lipinski definition) is 0. The molecule has 0 aromatic heterocycles. The lowest BCUT2D eigenvalue weighted by molar-refractivity contribution is -0.384. The Morgan fingerprint density at radius 2 is 1.15 bits per heavy atom. The second-order valence-corrected chi connectivity index (χ2v) is 11.1. The van der Waals surface area contributed by atoms with E-state index in [0.29, 0.717) is 11.7 Å². The molecule has 0 aliphatic rings. The molecule has 0 unspecified atom stereocenters. The van der Waals surface area contributed by atoms with Crippen LogP contribution in [0.4, 0.5) is 5.69 Å². The average molecular weight is 469 g/mol. The molecular weight excluding hydrogens is 445 g/mol. The van der Waals surface area contributed by atoms with E-state index in [1.807, 2.05) is 54.6 Å². The summed E-state index contributed by atoms with van der Waals surface area (Å²) in [6.45, 7) is -2.62. The SMILES string of the molecule is COC(=O)C(Cc1ccc([N+](=O)[O-])cc1)=P(c1ccccc1)(c1ccccc1)c1ccccc1. The van der Waals surface area contributed by atoms with E-state index in [0.717, 1.165) is 21.5 Å². The van der Waals surface area contributed by atoms with Gasteiger partial charge in [0.1, 0.15) is 0 Å². The Balaban J connectivity index is 2.12. The third kappa shape index (κ3) is 4.43. The number of benzene rings is 4. The van der Waals surface area contributed by atoms with Crippen molar-refractivity contribution in [1.29, 1.82) is 0 Å². The number of carbonyl (C=O) groups excluding carboxylic acids is 1. The minimum atomic E-state index is -2.62. The van der Waals surface area contributed by atoms with Gasteiger partial charge in [-0.3, -0.25) is 10.1 Å². The van der Waals surface area contributed by atoms with Crippen molar-refractivity contribution in [3.8, 4) is 0 Å². The van der Waals surface area contributed by atoms with E-state index >= 15 is 0 Å². The Morgan fingerprint density at radius 1 is 0.735 bits per heavy atom. The largest absolute Gasteiger partial charge is 0.466 e. The number of rotatable bonds is 7. The highest BCUT2D eigenvalue weighted by atomic mass is 31.2. The minimum Gasteiger partial charge on any atom is -0.466 e. The van der Waals surface area contributed by atoms with Crippen LogP contribution in [0.2, 0.25) is 0 Å². The molecule has 0 saturated carbocycles. The van der Waals surface area contributed by atoms with Crippen LogP contribution in [0.15, 0.2) is 115 Å². The summed E-state index contributed by atoms with van der Waals surface area (Å²) in [6, 6.07) is 36.5. The lowest BCUT2D eigenvalue weighted by Gasteiger charge is -2.32. The van der Waals surface area contributed by atoms with Crippen LogP contribution in [0.1, 0.15) is 5.56 Å². The molecular formula is C28H24NO4P. The molecule has 6 heteroatoms. The average Bonchev–Trinajstić information content (AvgIpc) is 2.90. The van der Waals surface area contributed by atoms with Crippen LogP contribution in [-0.4, -0.2) is 23.3 Å². The van der Waals surface area contributed by atoms with Crippen molar-refractivity contribution in [2.24, 2.45) is 0 Å².